The monoisotopic (exact) mass is 372 g/mol. The van der Waals surface area contributed by atoms with Gasteiger partial charge in [0.2, 0.25) is 0 Å². The van der Waals surface area contributed by atoms with Gasteiger partial charge in [-0.25, -0.2) is 0 Å². The predicted molar refractivity (Wildman–Crippen MR) is 94.2 cm³/mol. The summed E-state index contributed by atoms with van der Waals surface area (Å²) in [5, 5.41) is 38.9. The van der Waals surface area contributed by atoms with Crippen LogP contribution in [-0.4, -0.2) is 69.6 Å². The van der Waals surface area contributed by atoms with E-state index in [4.69, 9.17) is 9.47 Å². The maximum atomic E-state index is 11.8. The number of aliphatic hydroxyl groups excluding tert-OH is 4. The van der Waals surface area contributed by atoms with Crippen LogP contribution in [0, 0.1) is 11.3 Å². The Balaban J connectivity index is 1.93. The molecule has 7 atom stereocenters. The lowest BCUT2D eigenvalue weighted by atomic mass is 9.66. The molecule has 150 valence electrons. The molecule has 0 unspecified atom stereocenters. The van der Waals surface area contributed by atoms with Crippen LogP contribution in [0.4, 0.5) is 0 Å². The average Bonchev–Trinajstić information content (AvgIpc) is 2.53. The van der Waals surface area contributed by atoms with Gasteiger partial charge in [-0.15, -0.1) is 0 Å². The number of carbonyl (C=O) groups excluding carboxylic acids is 1. The number of carbonyl (C=O) groups is 1. The third-order valence-corrected chi connectivity index (χ3v) is 5.59. The van der Waals surface area contributed by atoms with Gasteiger partial charge in [0.1, 0.15) is 24.4 Å². The van der Waals surface area contributed by atoms with Gasteiger partial charge in [0.15, 0.2) is 12.1 Å². The zero-order valence-corrected chi connectivity index (χ0v) is 16.0. The molecule has 7 heteroatoms. The van der Waals surface area contributed by atoms with Crippen molar-refractivity contribution in [3.8, 4) is 0 Å². The highest BCUT2D eigenvalue weighted by atomic mass is 16.7. The molecule has 0 bridgehead atoms. The summed E-state index contributed by atoms with van der Waals surface area (Å²) in [5.74, 6) is 0.426. The second-order valence-electron chi connectivity index (χ2n) is 8.29. The lowest BCUT2D eigenvalue weighted by Gasteiger charge is -2.41. The largest absolute Gasteiger partial charge is 0.394 e. The normalized spacial score (nSPS) is 38.8. The summed E-state index contributed by atoms with van der Waals surface area (Å²) >= 11 is 0. The number of rotatable bonds is 6. The Kier molecular flexibility index (Phi) is 6.98. The van der Waals surface area contributed by atoms with Gasteiger partial charge in [0.25, 0.3) is 0 Å². The molecule has 0 aromatic heterocycles. The predicted octanol–water partition coefficient (Wildman–Crippen LogP) is 0.533. The maximum Gasteiger partial charge on any atom is 0.186 e. The van der Waals surface area contributed by atoms with E-state index >= 15 is 0 Å². The molecule has 26 heavy (non-hydrogen) atoms. The molecule has 0 aromatic carbocycles. The first kappa shape index (κ1) is 21.5. The summed E-state index contributed by atoms with van der Waals surface area (Å²) in [6.45, 7) is 7.53. The van der Waals surface area contributed by atoms with Crippen molar-refractivity contribution < 1.29 is 34.7 Å². The second kappa shape index (κ2) is 8.46. The van der Waals surface area contributed by atoms with Gasteiger partial charge in [-0.05, 0) is 44.1 Å². The van der Waals surface area contributed by atoms with Crippen molar-refractivity contribution >= 4 is 5.78 Å². The van der Waals surface area contributed by atoms with E-state index in [0.29, 0.717) is 12.8 Å². The van der Waals surface area contributed by atoms with Gasteiger partial charge < -0.3 is 29.9 Å². The van der Waals surface area contributed by atoms with Crippen LogP contribution in [0.1, 0.15) is 47.0 Å². The van der Waals surface area contributed by atoms with Gasteiger partial charge in [-0.3, -0.25) is 4.79 Å². The third-order valence-electron chi connectivity index (χ3n) is 5.59. The van der Waals surface area contributed by atoms with E-state index in [9.17, 15) is 25.2 Å². The Morgan fingerprint density at radius 2 is 1.92 bits per heavy atom. The smallest absolute Gasteiger partial charge is 0.186 e. The van der Waals surface area contributed by atoms with E-state index in [0.717, 1.165) is 12.0 Å². The Morgan fingerprint density at radius 1 is 1.27 bits per heavy atom. The lowest BCUT2D eigenvalue weighted by Crippen LogP contribution is -2.59. The maximum absolute atomic E-state index is 11.8. The van der Waals surface area contributed by atoms with E-state index in [1.165, 1.54) is 0 Å². The Labute approximate surface area is 154 Å². The van der Waals surface area contributed by atoms with Crippen molar-refractivity contribution in [1.82, 2.24) is 0 Å². The Bertz CT molecular complexity index is 528. The average molecular weight is 372 g/mol. The van der Waals surface area contributed by atoms with Gasteiger partial charge >= 0.3 is 0 Å². The summed E-state index contributed by atoms with van der Waals surface area (Å²) in [4.78, 5) is 11.8. The Hall–Kier alpha value is -0.830. The molecule has 1 aliphatic heterocycles. The highest BCUT2D eigenvalue weighted by molar-refractivity contribution is 5.91. The fourth-order valence-electron chi connectivity index (χ4n) is 4.09. The van der Waals surface area contributed by atoms with Gasteiger partial charge in [0, 0.05) is 6.42 Å². The molecule has 1 heterocycles. The molecule has 2 rings (SSSR count). The van der Waals surface area contributed by atoms with E-state index < -0.39 is 37.3 Å². The summed E-state index contributed by atoms with van der Waals surface area (Å²) in [7, 11) is 0. The molecular weight excluding hydrogens is 340 g/mol. The molecule has 0 saturated carbocycles. The number of aliphatic hydroxyl groups is 4. The van der Waals surface area contributed by atoms with Gasteiger partial charge in [0.05, 0.1) is 12.7 Å². The first-order chi connectivity index (χ1) is 12.1. The van der Waals surface area contributed by atoms with Crippen LogP contribution in [0.15, 0.2) is 11.6 Å². The highest BCUT2D eigenvalue weighted by Gasteiger charge is 2.44. The molecule has 1 saturated heterocycles. The second-order valence-corrected chi connectivity index (χ2v) is 8.29. The first-order valence-electron chi connectivity index (χ1n) is 9.23. The standard InChI is InChI=1S/C19H32O7/c1-10-7-12(21)8-19(3,4)13(10)6-5-11(2)25-18-17(24)16(23)15(22)14(9-20)26-18/h7,11,13-18,20,22-24H,5-6,8-9H2,1-4H3/t11-,13+,14-,15-,16+,17-,18-/m1/s1. The fraction of sp³-hybridized carbons (Fsp3) is 0.842. The van der Waals surface area contributed by atoms with Crippen LogP contribution in [0.2, 0.25) is 0 Å². The van der Waals surface area contributed by atoms with Crippen molar-refractivity contribution in [3.05, 3.63) is 11.6 Å². The van der Waals surface area contributed by atoms with Crippen LogP contribution in [0.25, 0.3) is 0 Å². The lowest BCUT2D eigenvalue weighted by molar-refractivity contribution is -0.310. The summed E-state index contributed by atoms with van der Waals surface area (Å²) < 4.78 is 11.1. The van der Waals surface area contributed by atoms with Crippen molar-refractivity contribution in [3.63, 3.8) is 0 Å². The fourth-order valence-corrected chi connectivity index (χ4v) is 4.09. The van der Waals surface area contributed by atoms with Crippen molar-refractivity contribution in [2.45, 2.75) is 83.8 Å². The van der Waals surface area contributed by atoms with Gasteiger partial charge in [-0.2, -0.15) is 0 Å². The van der Waals surface area contributed by atoms with Crippen molar-refractivity contribution in [1.29, 1.82) is 0 Å². The Morgan fingerprint density at radius 3 is 2.50 bits per heavy atom. The number of ketones is 1. The van der Waals surface area contributed by atoms with Crippen LogP contribution in [-0.2, 0) is 14.3 Å². The minimum atomic E-state index is -1.44. The van der Waals surface area contributed by atoms with E-state index in [1.807, 2.05) is 13.8 Å². The number of ether oxygens (including phenoxy) is 2. The SMILES string of the molecule is CC1=CC(=O)CC(C)(C)[C@H]1CC[C@@H](C)O[C@@H]1O[C@H](CO)[C@@H](O)[C@H](O)[C@H]1O. The zero-order chi connectivity index (χ0) is 19.6. The molecule has 4 N–H and O–H groups in total. The van der Waals surface area contributed by atoms with Crippen LogP contribution in [0.5, 0.6) is 0 Å². The summed E-state index contributed by atoms with van der Waals surface area (Å²) in [6.07, 6.45) is -2.82. The van der Waals surface area contributed by atoms with E-state index in [-0.39, 0.29) is 23.2 Å². The van der Waals surface area contributed by atoms with Crippen LogP contribution < -0.4 is 0 Å². The van der Waals surface area contributed by atoms with E-state index in [1.54, 1.807) is 6.08 Å². The van der Waals surface area contributed by atoms with Crippen LogP contribution in [0.3, 0.4) is 0 Å². The van der Waals surface area contributed by atoms with Crippen molar-refractivity contribution in [2.24, 2.45) is 11.3 Å². The molecule has 0 amide bonds. The molecule has 0 radical (unpaired) electrons. The number of hydrogen-bond donors (Lipinski definition) is 4. The topological polar surface area (TPSA) is 116 Å². The van der Waals surface area contributed by atoms with Crippen molar-refractivity contribution in [2.75, 3.05) is 6.61 Å². The highest BCUT2D eigenvalue weighted by Crippen LogP contribution is 2.42. The molecule has 0 spiro atoms. The molecule has 1 fully saturated rings. The number of allylic oxidation sites excluding steroid dienone is 2. The third kappa shape index (κ3) is 4.71. The number of hydrogen-bond acceptors (Lipinski definition) is 7. The molecule has 7 nitrogen and oxygen atoms in total. The quantitative estimate of drug-likeness (QED) is 0.537. The van der Waals surface area contributed by atoms with Gasteiger partial charge in [-0.1, -0.05) is 19.4 Å². The van der Waals surface area contributed by atoms with Crippen LogP contribution >= 0.6 is 0 Å². The minimum Gasteiger partial charge on any atom is -0.394 e. The molecule has 2 aliphatic rings. The molecule has 0 aromatic rings. The summed E-state index contributed by atoms with van der Waals surface area (Å²) in [6, 6.07) is 0. The molecular formula is C19H32O7. The first-order valence-corrected chi connectivity index (χ1v) is 9.23. The zero-order valence-electron chi connectivity index (χ0n) is 16.0. The minimum absolute atomic E-state index is 0.112. The summed E-state index contributed by atoms with van der Waals surface area (Å²) in [5.41, 5.74) is 0.963. The molecule has 1 aliphatic carbocycles. The van der Waals surface area contributed by atoms with E-state index in [2.05, 4.69) is 13.8 Å².